The first kappa shape index (κ1) is 17.3. The summed E-state index contributed by atoms with van der Waals surface area (Å²) in [7, 11) is 0. The summed E-state index contributed by atoms with van der Waals surface area (Å²) in [6.07, 6.45) is 0. The highest BCUT2D eigenvalue weighted by molar-refractivity contribution is 6.32. The maximum absolute atomic E-state index is 11.2. The number of hydrogen-bond donors (Lipinski definition) is 3. The van der Waals surface area contributed by atoms with Crippen molar-refractivity contribution < 1.29 is 9.53 Å². The van der Waals surface area contributed by atoms with Crippen molar-refractivity contribution >= 4 is 34.9 Å². The van der Waals surface area contributed by atoms with E-state index in [-0.39, 0.29) is 17.4 Å². The van der Waals surface area contributed by atoms with Crippen LogP contribution in [0.4, 0.5) is 5.69 Å². The molecule has 0 spiro atoms. The Balaban J connectivity index is 2.67. The van der Waals surface area contributed by atoms with Crippen molar-refractivity contribution in [2.75, 3.05) is 5.73 Å². The Labute approximate surface area is 143 Å². The Morgan fingerprint density at radius 2 is 1.79 bits per heavy atom. The van der Waals surface area contributed by atoms with E-state index in [1.165, 1.54) is 13.0 Å². The van der Waals surface area contributed by atoms with Gasteiger partial charge in [0.2, 0.25) is 5.96 Å². The van der Waals surface area contributed by atoms with Gasteiger partial charge in [-0.2, -0.15) is 0 Å². The topological polar surface area (TPSA) is 129 Å². The summed E-state index contributed by atoms with van der Waals surface area (Å²) >= 11 is 6.11. The number of guanidine groups is 1. The first-order valence-electron chi connectivity index (χ1n) is 6.88. The molecule has 8 heteroatoms. The molecule has 0 aliphatic carbocycles. The zero-order valence-corrected chi connectivity index (χ0v) is 13.6. The molecule has 0 radical (unpaired) electrons. The van der Waals surface area contributed by atoms with E-state index in [4.69, 9.17) is 33.5 Å². The third-order valence-electron chi connectivity index (χ3n) is 2.93. The van der Waals surface area contributed by atoms with Crippen LogP contribution in [-0.2, 0) is 4.79 Å². The first-order chi connectivity index (χ1) is 11.4. The fourth-order valence-corrected chi connectivity index (χ4v) is 2.21. The average molecular weight is 346 g/mol. The van der Waals surface area contributed by atoms with E-state index in [2.05, 4.69) is 10.2 Å². The number of ether oxygens (including phenoxy) is 1. The van der Waals surface area contributed by atoms with Gasteiger partial charge in [0.15, 0.2) is 5.75 Å². The van der Waals surface area contributed by atoms with Gasteiger partial charge < -0.3 is 21.9 Å². The molecule has 124 valence electrons. The number of esters is 1. The molecule has 0 amide bonds. The zero-order chi connectivity index (χ0) is 17.7. The SMILES string of the molecule is CC(=O)Oc1cc(Cl)cc(/C(=N\N=C(N)N)c2ccccc2)c1N. The second-order valence-corrected chi connectivity index (χ2v) is 5.23. The van der Waals surface area contributed by atoms with Crippen molar-refractivity contribution in [1.82, 2.24) is 0 Å². The monoisotopic (exact) mass is 345 g/mol. The molecule has 0 saturated heterocycles. The molecular formula is C16H16ClN5O2. The van der Waals surface area contributed by atoms with Crippen molar-refractivity contribution in [2.24, 2.45) is 21.7 Å². The molecule has 2 aromatic rings. The predicted molar refractivity (Wildman–Crippen MR) is 95.1 cm³/mol. The maximum atomic E-state index is 11.2. The molecule has 0 aliphatic rings. The lowest BCUT2D eigenvalue weighted by atomic mass is 10.0. The van der Waals surface area contributed by atoms with Gasteiger partial charge in [-0.15, -0.1) is 10.2 Å². The largest absolute Gasteiger partial charge is 0.424 e. The van der Waals surface area contributed by atoms with Gasteiger partial charge in [-0.1, -0.05) is 41.9 Å². The molecule has 0 atom stereocenters. The standard InChI is InChI=1S/C16H16ClN5O2/c1-9(23)24-13-8-11(17)7-12(14(13)18)15(21-22-16(19)20)10-5-3-2-4-6-10/h2-8H,18H2,1H3,(H4,19,20,22)/b21-15-. The molecule has 0 saturated carbocycles. The molecule has 2 aromatic carbocycles. The number of carbonyl (C=O) groups excluding carboxylic acids is 1. The third-order valence-corrected chi connectivity index (χ3v) is 3.15. The first-order valence-corrected chi connectivity index (χ1v) is 7.26. The molecule has 0 aromatic heterocycles. The van der Waals surface area contributed by atoms with Gasteiger partial charge in [0, 0.05) is 29.1 Å². The Hall–Kier alpha value is -3.06. The van der Waals surface area contributed by atoms with Crippen LogP contribution in [0, 0.1) is 0 Å². The van der Waals surface area contributed by atoms with Crippen molar-refractivity contribution in [3.63, 3.8) is 0 Å². The minimum absolute atomic E-state index is 0.137. The summed E-state index contributed by atoms with van der Waals surface area (Å²) in [6.45, 7) is 1.27. The van der Waals surface area contributed by atoms with Crippen molar-refractivity contribution in [1.29, 1.82) is 0 Å². The number of nitrogens with zero attached hydrogens (tertiary/aromatic N) is 2. The van der Waals surface area contributed by atoms with Gasteiger partial charge in [-0.05, 0) is 6.07 Å². The highest BCUT2D eigenvalue weighted by Gasteiger charge is 2.17. The van der Waals surface area contributed by atoms with Crippen LogP contribution in [0.5, 0.6) is 5.75 Å². The minimum Gasteiger partial charge on any atom is -0.424 e. The quantitative estimate of drug-likeness (QED) is 0.194. The van der Waals surface area contributed by atoms with Gasteiger partial charge in [0.25, 0.3) is 0 Å². The Bertz CT molecular complexity index is 815. The van der Waals surface area contributed by atoms with E-state index in [1.54, 1.807) is 6.07 Å². The third kappa shape index (κ3) is 4.23. The number of nitrogens with two attached hydrogens (primary N) is 3. The van der Waals surface area contributed by atoms with E-state index < -0.39 is 5.97 Å². The number of anilines is 1. The van der Waals surface area contributed by atoms with Crippen LogP contribution in [0.3, 0.4) is 0 Å². The summed E-state index contributed by atoms with van der Waals surface area (Å²) in [5.41, 5.74) is 18.6. The van der Waals surface area contributed by atoms with E-state index >= 15 is 0 Å². The normalized spacial score (nSPS) is 11.0. The van der Waals surface area contributed by atoms with Gasteiger partial charge in [0.1, 0.15) is 5.71 Å². The second kappa shape index (κ2) is 7.47. The van der Waals surface area contributed by atoms with E-state index in [0.717, 1.165) is 0 Å². The summed E-state index contributed by atoms with van der Waals surface area (Å²) in [4.78, 5) is 11.2. The lowest BCUT2D eigenvalue weighted by Crippen LogP contribution is -2.22. The molecule has 0 fully saturated rings. The van der Waals surface area contributed by atoms with Crippen molar-refractivity contribution in [3.8, 4) is 5.75 Å². The van der Waals surface area contributed by atoms with Gasteiger partial charge in [0.05, 0.1) is 5.69 Å². The van der Waals surface area contributed by atoms with Crippen LogP contribution in [0.1, 0.15) is 18.1 Å². The molecule has 0 heterocycles. The Kier molecular flexibility index (Phi) is 5.39. The second-order valence-electron chi connectivity index (χ2n) is 4.80. The van der Waals surface area contributed by atoms with Crippen LogP contribution in [0.25, 0.3) is 0 Å². The molecule has 0 bridgehead atoms. The maximum Gasteiger partial charge on any atom is 0.308 e. The highest BCUT2D eigenvalue weighted by atomic mass is 35.5. The number of hydrogen-bond acceptors (Lipinski definition) is 5. The Morgan fingerprint density at radius 1 is 1.12 bits per heavy atom. The molecule has 2 rings (SSSR count). The van der Waals surface area contributed by atoms with Gasteiger partial charge >= 0.3 is 5.97 Å². The lowest BCUT2D eigenvalue weighted by Gasteiger charge is -2.13. The van der Waals surface area contributed by atoms with Gasteiger partial charge in [-0.25, -0.2) is 0 Å². The van der Waals surface area contributed by atoms with Gasteiger partial charge in [-0.3, -0.25) is 4.79 Å². The fourth-order valence-electron chi connectivity index (χ4n) is 2.00. The number of nitrogen functional groups attached to an aromatic ring is 1. The Morgan fingerprint density at radius 3 is 2.38 bits per heavy atom. The van der Waals surface area contributed by atoms with E-state index in [1.807, 2.05) is 30.3 Å². The number of carbonyl (C=O) groups is 1. The molecule has 0 aliphatic heterocycles. The van der Waals surface area contributed by atoms with Crippen LogP contribution in [-0.4, -0.2) is 17.6 Å². The van der Waals surface area contributed by atoms with Crippen LogP contribution in [0.2, 0.25) is 5.02 Å². The average Bonchev–Trinajstić information content (AvgIpc) is 2.52. The smallest absolute Gasteiger partial charge is 0.308 e. The van der Waals surface area contributed by atoms with Crippen molar-refractivity contribution in [3.05, 3.63) is 58.6 Å². The molecular weight excluding hydrogens is 330 g/mol. The van der Waals surface area contributed by atoms with E-state index in [9.17, 15) is 4.79 Å². The van der Waals surface area contributed by atoms with Crippen LogP contribution < -0.4 is 21.9 Å². The van der Waals surface area contributed by atoms with Crippen molar-refractivity contribution in [2.45, 2.75) is 6.92 Å². The number of halogens is 1. The summed E-state index contributed by atoms with van der Waals surface area (Å²) in [5, 5.41) is 8.08. The summed E-state index contributed by atoms with van der Waals surface area (Å²) in [5.74, 6) is -0.583. The van der Waals surface area contributed by atoms with E-state index in [0.29, 0.717) is 21.9 Å². The molecule has 6 N–H and O–H groups in total. The summed E-state index contributed by atoms with van der Waals surface area (Å²) in [6, 6.07) is 12.2. The molecule has 7 nitrogen and oxygen atoms in total. The molecule has 24 heavy (non-hydrogen) atoms. The minimum atomic E-state index is -0.516. The fraction of sp³-hybridized carbons (Fsp3) is 0.0625. The highest BCUT2D eigenvalue weighted by Crippen LogP contribution is 2.32. The zero-order valence-electron chi connectivity index (χ0n) is 12.9. The number of benzene rings is 2. The predicted octanol–water partition coefficient (Wildman–Crippen LogP) is 1.87. The number of rotatable bonds is 4. The van der Waals surface area contributed by atoms with Crippen LogP contribution in [0.15, 0.2) is 52.7 Å². The summed E-state index contributed by atoms with van der Waals surface area (Å²) < 4.78 is 5.09. The molecule has 0 unspecified atom stereocenters. The van der Waals surface area contributed by atoms with Crippen LogP contribution >= 0.6 is 11.6 Å². The lowest BCUT2D eigenvalue weighted by molar-refractivity contribution is -0.131.